The standard InChI is InChI=1S/C31H18O4/c32-28-22-16-14-18-8-4-6-10-20(18)26(22)30(34)24(28)12-2-1-3-13-25-29(33)23-17-15-19-9-5-7-11-21(19)27(23)31(25)35/h1-17,24H. The van der Waals surface area contributed by atoms with Crippen LogP contribution in [-0.2, 0) is 0 Å². The molecule has 0 saturated heterocycles. The number of rotatable bonds is 3. The summed E-state index contributed by atoms with van der Waals surface area (Å²) < 4.78 is 0. The van der Waals surface area contributed by atoms with Crippen molar-refractivity contribution >= 4 is 44.7 Å². The third-order valence-electron chi connectivity index (χ3n) is 6.68. The van der Waals surface area contributed by atoms with Crippen molar-refractivity contribution in [2.45, 2.75) is 0 Å². The van der Waals surface area contributed by atoms with Gasteiger partial charge in [0, 0.05) is 22.3 Å². The second kappa shape index (κ2) is 7.96. The van der Waals surface area contributed by atoms with E-state index in [1.807, 2.05) is 60.7 Å². The van der Waals surface area contributed by atoms with Gasteiger partial charge < -0.3 is 0 Å². The number of hydrogen-bond acceptors (Lipinski definition) is 4. The molecule has 0 bridgehead atoms. The van der Waals surface area contributed by atoms with Crippen LogP contribution < -0.4 is 0 Å². The van der Waals surface area contributed by atoms with E-state index in [4.69, 9.17) is 0 Å². The lowest BCUT2D eigenvalue weighted by molar-refractivity contribution is 0.0870. The van der Waals surface area contributed by atoms with Crippen LogP contribution in [0.15, 0.2) is 109 Å². The predicted molar refractivity (Wildman–Crippen MR) is 135 cm³/mol. The van der Waals surface area contributed by atoms with Gasteiger partial charge in [-0.25, -0.2) is 0 Å². The van der Waals surface area contributed by atoms with Gasteiger partial charge in [-0.1, -0.05) is 91.0 Å². The zero-order valence-electron chi connectivity index (χ0n) is 18.5. The summed E-state index contributed by atoms with van der Waals surface area (Å²) in [6.07, 6.45) is 7.87. The third kappa shape index (κ3) is 3.15. The van der Waals surface area contributed by atoms with Crippen LogP contribution in [0.25, 0.3) is 21.5 Å². The molecule has 4 heteroatoms. The third-order valence-corrected chi connectivity index (χ3v) is 6.68. The molecule has 1 unspecified atom stereocenters. The van der Waals surface area contributed by atoms with Crippen LogP contribution in [0.2, 0.25) is 0 Å². The second-order valence-corrected chi connectivity index (χ2v) is 8.63. The molecular formula is C31H18O4. The van der Waals surface area contributed by atoms with Crippen LogP contribution in [0.1, 0.15) is 41.4 Å². The number of carbonyl (C=O) groups excluding carboxylic acids is 4. The maximum absolute atomic E-state index is 13.0. The van der Waals surface area contributed by atoms with Crippen molar-refractivity contribution in [1.82, 2.24) is 0 Å². The molecule has 0 aliphatic heterocycles. The molecule has 0 spiro atoms. The van der Waals surface area contributed by atoms with Crippen molar-refractivity contribution in [1.29, 1.82) is 0 Å². The summed E-state index contributed by atoms with van der Waals surface area (Å²) in [6, 6.07) is 22.1. The average Bonchev–Trinajstić information content (AvgIpc) is 3.28. The zero-order valence-corrected chi connectivity index (χ0v) is 18.5. The van der Waals surface area contributed by atoms with Gasteiger partial charge in [-0.2, -0.15) is 0 Å². The molecule has 0 aromatic heterocycles. The Kier molecular flexibility index (Phi) is 4.75. The average molecular weight is 454 g/mol. The van der Waals surface area contributed by atoms with Gasteiger partial charge >= 0.3 is 0 Å². The number of fused-ring (bicyclic) bond motifs is 6. The summed E-state index contributed by atoms with van der Waals surface area (Å²) in [7, 11) is 0. The Morgan fingerprint density at radius 1 is 0.543 bits per heavy atom. The molecule has 4 aromatic carbocycles. The smallest absolute Gasteiger partial charge is 0.198 e. The van der Waals surface area contributed by atoms with Gasteiger partial charge in [-0.15, -0.1) is 0 Å². The molecule has 166 valence electrons. The fourth-order valence-electron chi connectivity index (χ4n) is 4.99. The quantitative estimate of drug-likeness (QED) is 0.162. The van der Waals surface area contributed by atoms with E-state index in [0.717, 1.165) is 21.5 Å². The molecular weight excluding hydrogens is 436 g/mol. The first-order chi connectivity index (χ1) is 17.1. The van der Waals surface area contributed by atoms with Crippen LogP contribution in [0.4, 0.5) is 0 Å². The monoisotopic (exact) mass is 454 g/mol. The maximum Gasteiger partial charge on any atom is 0.198 e. The Hall–Kier alpha value is -4.70. The molecule has 2 aliphatic rings. The van der Waals surface area contributed by atoms with Gasteiger partial charge in [-0.05, 0) is 33.7 Å². The normalized spacial score (nSPS) is 18.6. The lowest BCUT2D eigenvalue weighted by atomic mass is 10.00. The van der Waals surface area contributed by atoms with Crippen LogP contribution in [0, 0.1) is 5.92 Å². The minimum Gasteiger partial charge on any atom is -0.293 e. The second-order valence-electron chi connectivity index (χ2n) is 8.63. The number of carbonyl (C=O) groups is 4. The van der Waals surface area contributed by atoms with Crippen LogP contribution in [0.3, 0.4) is 0 Å². The van der Waals surface area contributed by atoms with Crippen LogP contribution >= 0.6 is 0 Å². The van der Waals surface area contributed by atoms with E-state index in [1.54, 1.807) is 36.4 Å². The van der Waals surface area contributed by atoms with E-state index in [1.165, 1.54) is 6.08 Å². The molecule has 6 rings (SSSR count). The fraction of sp³-hybridized carbons (Fsp3) is 0.0323. The lowest BCUT2D eigenvalue weighted by Crippen LogP contribution is -2.11. The molecule has 0 N–H and O–H groups in total. The summed E-state index contributed by atoms with van der Waals surface area (Å²) in [5.74, 6) is -1.90. The van der Waals surface area contributed by atoms with Crippen LogP contribution in [0.5, 0.6) is 0 Å². The largest absolute Gasteiger partial charge is 0.293 e. The first-order valence-electron chi connectivity index (χ1n) is 11.3. The maximum atomic E-state index is 13.0. The van der Waals surface area contributed by atoms with Crippen molar-refractivity contribution in [3.8, 4) is 0 Å². The van der Waals surface area contributed by atoms with Crippen molar-refractivity contribution < 1.29 is 19.2 Å². The first kappa shape index (κ1) is 20.9. The highest BCUT2D eigenvalue weighted by Gasteiger charge is 2.38. The Bertz CT molecular complexity index is 1720. The van der Waals surface area contributed by atoms with Crippen molar-refractivity contribution in [2.75, 3.05) is 0 Å². The van der Waals surface area contributed by atoms with E-state index in [9.17, 15) is 19.2 Å². The fourth-order valence-corrected chi connectivity index (χ4v) is 4.99. The Balaban J connectivity index is 1.25. The summed E-state index contributed by atoms with van der Waals surface area (Å²) >= 11 is 0. The van der Waals surface area contributed by atoms with E-state index in [2.05, 4.69) is 0 Å². The van der Waals surface area contributed by atoms with Gasteiger partial charge in [-0.3, -0.25) is 19.2 Å². The number of allylic oxidation sites excluding steroid dienone is 6. The van der Waals surface area contributed by atoms with Crippen LogP contribution in [-0.4, -0.2) is 23.1 Å². The first-order valence-corrected chi connectivity index (χ1v) is 11.3. The van der Waals surface area contributed by atoms with Crippen molar-refractivity contribution in [3.05, 3.63) is 131 Å². The van der Waals surface area contributed by atoms with Crippen molar-refractivity contribution in [2.24, 2.45) is 5.92 Å². The topological polar surface area (TPSA) is 68.3 Å². The van der Waals surface area contributed by atoms with Gasteiger partial charge in [0.1, 0.15) is 5.92 Å². The summed E-state index contributed by atoms with van der Waals surface area (Å²) in [6.45, 7) is 0. The summed E-state index contributed by atoms with van der Waals surface area (Å²) in [5.41, 5.74) is 1.88. The number of Topliss-reactive ketones (excluding diaryl/α,β-unsaturated/α-hetero) is 4. The molecule has 4 nitrogen and oxygen atoms in total. The zero-order chi connectivity index (χ0) is 24.1. The van der Waals surface area contributed by atoms with Gasteiger partial charge in [0.25, 0.3) is 0 Å². The molecule has 0 radical (unpaired) electrons. The molecule has 35 heavy (non-hydrogen) atoms. The van der Waals surface area contributed by atoms with E-state index < -0.39 is 5.92 Å². The number of hydrogen-bond donors (Lipinski definition) is 0. The molecule has 1 atom stereocenters. The highest BCUT2D eigenvalue weighted by molar-refractivity contribution is 6.42. The van der Waals surface area contributed by atoms with E-state index >= 15 is 0 Å². The lowest BCUT2D eigenvalue weighted by Gasteiger charge is -2.02. The van der Waals surface area contributed by atoms with Gasteiger partial charge in [0.15, 0.2) is 23.1 Å². The van der Waals surface area contributed by atoms with Crippen molar-refractivity contribution in [3.63, 3.8) is 0 Å². The molecule has 0 amide bonds. The molecule has 2 aliphatic carbocycles. The molecule has 4 aromatic rings. The Labute approximate surface area is 200 Å². The van der Waals surface area contributed by atoms with E-state index in [-0.39, 0.29) is 28.7 Å². The SMILES string of the molecule is O=C1C(=CC=CC=CC2C(=O)c3ccc4ccccc4c3C2=O)C(=O)c2c1ccc1ccccc21. The van der Waals surface area contributed by atoms with Gasteiger partial charge in [0.05, 0.1) is 5.57 Å². The highest BCUT2D eigenvalue weighted by Crippen LogP contribution is 2.34. The predicted octanol–water partition coefficient (Wildman–Crippen LogP) is 6.11. The van der Waals surface area contributed by atoms with Gasteiger partial charge in [0.2, 0.25) is 0 Å². The Morgan fingerprint density at radius 2 is 1.17 bits per heavy atom. The summed E-state index contributed by atoms with van der Waals surface area (Å²) in [5, 5.41) is 3.38. The van der Waals surface area contributed by atoms with E-state index in [0.29, 0.717) is 22.3 Å². The Morgan fingerprint density at radius 3 is 1.89 bits per heavy atom. The number of ketones is 4. The molecule has 0 saturated carbocycles. The number of benzene rings is 4. The highest BCUT2D eigenvalue weighted by atomic mass is 16.2. The summed E-state index contributed by atoms with van der Waals surface area (Å²) in [4.78, 5) is 51.7. The minimum absolute atomic E-state index is 0.105. The molecule has 0 heterocycles. The minimum atomic E-state index is -0.876. The molecule has 0 fully saturated rings.